The van der Waals surface area contributed by atoms with Crippen molar-refractivity contribution in [2.24, 2.45) is 0 Å². The van der Waals surface area contributed by atoms with Gasteiger partial charge in [-0.05, 0) is 65.4 Å². The van der Waals surface area contributed by atoms with E-state index in [1.807, 2.05) is 48.5 Å². The van der Waals surface area contributed by atoms with E-state index in [4.69, 9.17) is 4.74 Å². The van der Waals surface area contributed by atoms with Crippen LogP contribution in [0.4, 0.5) is 0 Å². The third kappa shape index (κ3) is 8.02. The molecule has 0 aliphatic carbocycles. The molecule has 2 rings (SSSR count). The number of amides is 2. The largest absolute Gasteiger partial charge is 0.483 e. The maximum absolute atomic E-state index is 13.1. The van der Waals surface area contributed by atoms with Crippen LogP contribution >= 0.6 is 15.9 Å². The van der Waals surface area contributed by atoms with E-state index < -0.39 is 6.04 Å². The number of ether oxygens (including phenoxy) is 1. The van der Waals surface area contributed by atoms with E-state index in [0.717, 1.165) is 29.3 Å². The van der Waals surface area contributed by atoms with Gasteiger partial charge in [-0.25, -0.2) is 0 Å². The Bertz CT molecular complexity index is 842. The molecule has 5 nitrogen and oxygen atoms in total. The lowest BCUT2D eigenvalue weighted by Crippen LogP contribution is -2.50. The molecule has 168 valence electrons. The van der Waals surface area contributed by atoms with Crippen molar-refractivity contribution >= 4 is 27.7 Å². The first-order valence-corrected chi connectivity index (χ1v) is 11.8. The van der Waals surface area contributed by atoms with Crippen LogP contribution in [0.1, 0.15) is 44.7 Å². The summed E-state index contributed by atoms with van der Waals surface area (Å²) in [5.41, 5.74) is 2.31. The Balaban J connectivity index is 2.06. The molecule has 31 heavy (non-hydrogen) atoms. The molecule has 2 aromatic carbocycles. The number of hydrogen-bond donors (Lipinski definition) is 1. The number of unbranched alkanes of at least 4 members (excludes halogenated alkanes) is 1. The van der Waals surface area contributed by atoms with Crippen molar-refractivity contribution in [3.63, 3.8) is 0 Å². The highest BCUT2D eigenvalue weighted by atomic mass is 79.9. The molecule has 1 N–H and O–H groups in total. The summed E-state index contributed by atoms with van der Waals surface area (Å²) in [5, 5.41) is 2.93. The van der Waals surface area contributed by atoms with Gasteiger partial charge in [-0.1, -0.05) is 56.7 Å². The number of nitrogens with zero attached hydrogens (tertiary/aromatic N) is 1. The van der Waals surface area contributed by atoms with Gasteiger partial charge in [0.2, 0.25) is 5.91 Å². The van der Waals surface area contributed by atoms with E-state index >= 15 is 0 Å². The van der Waals surface area contributed by atoms with E-state index in [1.54, 1.807) is 11.8 Å². The molecule has 0 aromatic heterocycles. The van der Waals surface area contributed by atoms with Gasteiger partial charge in [-0.15, -0.1) is 0 Å². The van der Waals surface area contributed by atoms with Crippen molar-refractivity contribution in [1.82, 2.24) is 10.2 Å². The van der Waals surface area contributed by atoms with Gasteiger partial charge in [-0.3, -0.25) is 9.59 Å². The van der Waals surface area contributed by atoms with Crippen LogP contribution in [0.3, 0.4) is 0 Å². The molecule has 0 saturated heterocycles. The Morgan fingerprint density at radius 3 is 2.48 bits per heavy atom. The summed E-state index contributed by atoms with van der Waals surface area (Å²) in [5.74, 6) is 0.275. The van der Waals surface area contributed by atoms with E-state index in [1.165, 1.54) is 5.56 Å². The molecular formula is C25H33BrN2O3. The molecule has 0 spiro atoms. The number of benzene rings is 2. The lowest BCUT2D eigenvalue weighted by atomic mass is 10.1. The van der Waals surface area contributed by atoms with Crippen LogP contribution < -0.4 is 10.1 Å². The minimum Gasteiger partial charge on any atom is -0.483 e. The normalized spacial score (nSPS) is 11.6. The van der Waals surface area contributed by atoms with Crippen LogP contribution in [-0.4, -0.2) is 42.5 Å². The number of halogens is 1. The van der Waals surface area contributed by atoms with Gasteiger partial charge in [0.25, 0.3) is 5.91 Å². The van der Waals surface area contributed by atoms with Crippen molar-refractivity contribution in [3.05, 3.63) is 64.1 Å². The fraction of sp³-hybridized carbons (Fsp3) is 0.440. The monoisotopic (exact) mass is 488 g/mol. The maximum atomic E-state index is 13.1. The van der Waals surface area contributed by atoms with Gasteiger partial charge in [0, 0.05) is 13.1 Å². The van der Waals surface area contributed by atoms with Gasteiger partial charge in [0.15, 0.2) is 6.61 Å². The molecular weight excluding hydrogens is 456 g/mol. The minimum atomic E-state index is -0.567. The number of hydrogen-bond acceptors (Lipinski definition) is 3. The van der Waals surface area contributed by atoms with Crippen LogP contribution in [0, 0.1) is 0 Å². The van der Waals surface area contributed by atoms with Crippen LogP contribution in [-0.2, 0) is 22.4 Å². The molecule has 1 atom stereocenters. The van der Waals surface area contributed by atoms with Gasteiger partial charge in [-0.2, -0.15) is 0 Å². The van der Waals surface area contributed by atoms with Crippen LogP contribution in [0.25, 0.3) is 0 Å². The Morgan fingerprint density at radius 1 is 1.10 bits per heavy atom. The predicted octanol–water partition coefficient (Wildman–Crippen LogP) is 4.77. The minimum absolute atomic E-state index is 0.120. The second kappa shape index (κ2) is 13.2. The SMILES string of the molecule is CCCCNC(=O)[C@@H](C)N(CCc1ccccc1)C(=O)COc1ccc(CC)cc1Br. The fourth-order valence-corrected chi connectivity index (χ4v) is 3.75. The van der Waals surface area contributed by atoms with Crippen molar-refractivity contribution in [3.8, 4) is 5.75 Å². The van der Waals surface area contributed by atoms with Crippen LogP contribution in [0.2, 0.25) is 0 Å². The molecule has 2 aromatic rings. The number of aryl methyl sites for hydroxylation is 1. The van der Waals surface area contributed by atoms with Crippen molar-refractivity contribution in [2.75, 3.05) is 19.7 Å². The van der Waals surface area contributed by atoms with Gasteiger partial charge in [0.05, 0.1) is 4.47 Å². The summed E-state index contributed by atoms with van der Waals surface area (Å²) < 4.78 is 6.61. The first-order chi connectivity index (χ1) is 15.0. The summed E-state index contributed by atoms with van der Waals surface area (Å²) >= 11 is 3.51. The summed E-state index contributed by atoms with van der Waals surface area (Å²) in [6.45, 7) is 6.89. The van der Waals surface area contributed by atoms with Crippen molar-refractivity contribution in [1.29, 1.82) is 0 Å². The predicted molar refractivity (Wildman–Crippen MR) is 128 cm³/mol. The third-order valence-electron chi connectivity index (χ3n) is 5.24. The number of carbonyl (C=O) groups excluding carboxylic acids is 2. The van der Waals surface area contributed by atoms with Crippen LogP contribution in [0.15, 0.2) is 53.0 Å². The Labute approximate surface area is 194 Å². The molecule has 0 aliphatic heterocycles. The summed E-state index contributed by atoms with van der Waals surface area (Å²) in [7, 11) is 0. The van der Waals surface area contributed by atoms with E-state index in [2.05, 4.69) is 35.1 Å². The highest BCUT2D eigenvalue weighted by Crippen LogP contribution is 2.26. The third-order valence-corrected chi connectivity index (χ3v) is 5.86. The standard InChI is InChI=1S/C25H33BrN2O3/c1-4-6-15-27-25(30)19(3)28(16-14-21-10-8-7-9-11-21)24(29)18-31-23-13-12-20(5-2)17-22(23)26/h7-13,17,19H,4-6,14-16,18H2,1-3H3,(H,27,30)/t19-/m1/s1. The quantitative estimate of drug-likeness (QED) is 0.437. The average Bonchev–Trinajstić information content (AvgIpc) is 2.78. The summed E-state index contributed by atoms with van der Waals surface area (Å²) in [4.78, 5) is 27.3. The second-order valence-electron chi connectivity index (χ2n) is 7.55. The van der Waals surface area contributed by atoms with E-state index in [9.17, 15) is 9.59 Å². The van der Waals surface area contributed by atoms with Gasteiger partial charge in [0.1, 0.15) is 11.8 Å². The molecule has 0 aliphatic rings. The zero-order valence-corrected chi connectivity index (χ0v) is 20.3. The molecule has 0 radical (unpaired) electrons. The summed E-state index contributed by atoms with van der Waals surface area (Å²) in [6, 6.07) is 15.2. The Morgan fingerprint density at radius 2 is 1.84 bits per heavy atom. The zero-order chi connectivity index (χ0) is 22.6. The second-order valence-corrected chi connectivity index (χ2v) is 8.40. The molecule has 0 saturated carbocycles. The molecule has 2 amide bonds. The van der Waals surface area contributed by atoms with Crippen molar-refractivity contribution in [2.45, 2.75) is 52.5 Å². The number of nitrogens with one attached hydrogen (secondary N) is 1. The molecule has 0 fully saturated rings. The van der Waals surface area contributed by atoms with Gasteiger partial charge < -0.3 is 15.0 Å². The Kier molecular flexibility index (Phi) is 10.6. The lowest BCUT2D eigenvalue weighted by Gasteiger charge is -2.28. The van der Waals surface area contributed by atoms with E-state index in [-0.39, 0.29) is 18.4 Å². The van der Waals surface area contributed by atoms with Gasteiger partial charge >= 0.3 is 0 Å². The first-order valence-electron chi connectivity index (χ1n) is 11.0. The van der Waals surface area contributed by atoms with E-state index in [0.29, 0.717) is 25.3 Å². The number of rotatable bonds is 12. The summed E-state index contributed by atoms with van der Waals surface area (Å²) in [6.07, 6.45) is 3.52. The smallest absolute Gasteiger partial charge is 0.261 e. The Hall–Kier alpha value is -2.34. The lowest BCUT2D eigenvalue weighted by molar-refractivity contribution is -0.141. The average molecular weight is 489 g/mol. The topological polar surface area (TPSA) is 58.6 Å². The van der Waals surface area contributed by atoms with Crippen molar-refractivity contribution < 1.29 is 14.3 Å². The highest BCUT2D eigenvalue weighted by molar-refractivity contribution is 9.10. The molecule has 6 heteroatoms. The van der Waals surface area contributed by atoms with Crippen LogP contribution in [0.5, 0.6) is 5.75 Å². The number of carbonyl (C=O) groups is 2. The molecule has 0 heterocycles. The first kappa shape index (κ1) is 24.9. The fourth-order valence-electron chi connectivity index (χ4n) is 3.21. The maximum Gasteiger partial charge on any atom is 0.261 e. The highest BCUT2D eigenvalue weighted by Gasteiger charge is 2.26. The molecule has 0 unspecified atom stereocenters. The molecule has 0 bridgehead atoms. The zero-order valence-electron chi connectivity index (χ0n) is 18.7.